The van der Waals surface area contributed by atoms with Gasteiger partial charge < -0.3 is 14.7 Å². The Morgan fingerprint density at radius 2 is 1.92 bits per heavy atom. The van der Waals surface area contributed by atoms with Gasteiger partial charge in [-0.3, -0.25) is 4.55 Å². The lowest BCUT2D eigenvalue weighted by atomic mass is 10.1. The normalized spacial score (nSPS) is 12.4. The van der Waals surface area contributed by atoms with Gasteiger partial charge in [0.2, 0.25) is 0 Å². The van der Waals surface area contributed by atoms with Crippen molar-refractivity contribution in [3.8, 4) is 0 Å². The van der Waals surface area contributed by atoms with Gasteiger partial charge in [0.25, 0.3) is 5.69 Å². The largest absolute Gasteiger partial charge is 0.618 e. The van der Waals surface area contributed by atoms with Crippen LogP contribution in [-0.4, -0.2) is 40.0 Å². The van der Waals surface area contributed by atoms with Gasteiger partial charge in [0.05, 0.1) is 11.8 Å². The Kier molecular flexibility index (Phi) is 3.99. The first-order chi connectivity index (χ1) is 11.8. The standard InChI is InChI=1S/C15H10N2O7S/c18-15(19)13-12(7-17(20)9-5-6-24-8-9)10-3-1-2-4-11(10)14(16-13)25(21,22)23/h1-8H,(H,18,19)(H,21,22,23). The molecule has 25 heavy (non-hydrogen) atoms. The molecule has 1 aromatic carbocycles. The quantitative estimate of drug-likeness (QED) is 0.236. The second-order valence-corrected chi connectivity index (χ2v) is 6.28. The SMILES string of the molecule is O=C(O)c1nc(S(=O)(=O)O)c2ccccc2c1C=[N+]([O-])c1ccoc1. The van der Waals surface area contributed by atoms with Gasteiger partial charge >= 0.3 is 16.1 Å². The maximum Gasteiger partial charge on any atom is 0.355 e. The smallest absolute Gasteiger partial charge is 0.355 e. The van der Waals surface area contributed by atoms with Gasteiger partial charge in [0.1, 0.15) is 0 Å². The summed E-state index contributed by atoms with van der Waals surface area (Å²) in [6, 6.07) is 7.17. The summed E-state index contributed by atoms with van der Waals surface area (Å²) < 4.78 is 37.6. The van der Waals surface area contributed by atoms with Crippen molar-refractivity contribution in [1.82, 2.24) is 4.98 Å². The number of rotatable bonds is 4. The van der Waals surface area contributed by atoms with Gasteiger partial charge in [-0.1, -0.05) is 24.3 Å². The highest BCUT2D eigenvalue weighted by Gasteiger charge is 2.25. The first-order valence-electron chi connectivity index (χ1n) is 6.76. The molecule has 0 bridgehead atoms. The van der Waals surface area contributed by atoms with Crippen molar-refractivity contribution in [3.05, 3.63) is 59.3 Å². The molecule has 0 saturated heterocycles. The van der Waals surface area contributed by atoms with E-state index < -0.39 is 26.8 Å². The number of hydrogen-bond acceptors (Lipinski definition) is 6. The van der Waals surface area contributed by atoms with Gasteiger partial charge in [-0.25, -0.2) is 9.78 Å². The number of furan rings is 1. The van der Waals surface area contributed by atoms with E-state index in [1.807, 2.05) is 0 Å². The highest BCUT2D eigenvalue weighted by Crippen LogP contribution is 2.26. The van der Waals surface area contributed by atoms with Crippen molar-refractivity contribution in [1.29, 1.82) is 0 Å². The van der Waals surface area contributed by atoms with E-state index in [0.717, 1.165) is 12.5 Å². The Morgan fingerprint density at radius 1 is 1.24 bits per heavy atom. The third kappa shape index (κ3) is 3.07. The second kappa shape index (κ2) is 6.00. The first-order valence-corrected chi connectivity index (χ1v) is 8.20. The van der Waals surface area contributed by atoms with Crippen LogP contribution in [0, 0.1) is 5.21 Å². The molecule has 2 aromatic heterocycles. The average Bonchev–Trinajstić information content (AvgIpc) is 3.08. The lowest BCUT2D eigenvalue weighted by Crippen LogP contribution is -2.14. The van der Waals surface area contributed by atoms with Crippen LogP contribution in [0.5, 0.6) is 0 Å². The topological polar surface area (TPSA) is 144 Å². The molecule has 0 aliphatic heterocycles. The van der Waals surface area contributed by atoms with Crippen LogP contribution in [0.1, 0.15) is 16.1 Å². The summed E-state index contributed by atoms with van der Waals surface area (Å²) in [5.41, 5.74) is -0.679. The Hall–Kier alpha value is -3.24. The van der Waals surface area contributed by atoms with E-state index >= 15 is 0 Å². The molecule has 0 unspecified atom stereocenters. The molecule has 0 atom stereocenters. The molecule has 0 radical (unpaired) electrons. The summed E-state index contributed by atoms with van der Waals surface area (Å²) in [7, 11) is -4.77. The fourth-order valence-electron chi connectivity index (χ4n) is 2.32. The number of carboxylic acid groups (broad SMARTS) is 1. The molecule has 10 heteroatoms. The Bertz CT molecular complexity index is 1100. The molecule has 2 heterocycles. The van der Waals surface area contributed by atoms with Crippen molar-refractivity contribution in [2.24, 2.45) is 0 Å². The number of hydrogen-bond donors (Lipinski definition) is 2. The van der Waals surface area contributed by atoms with Crippen LogP contribution in [0.3, 0.4) is 0 Å². The molecule has 9 nitrogen and oxygen atoms in total. The first kappa shape index (κ1) is 16.6. The van der Waals surface area contributed by atoms with Crippen LogP contribution in [0.15, 0.2) is 52.3 Å². The van der Waals surface area contributed by atoms with E-state index in [0.29, 0.717) is 4.74 Å². The third-order valence-electron chi connectivity index (χ3n) is 3.37. The van der Waals surface area contributed by atoms with E-state index in [4.69, 9.17) is 4.42 Å². The van der Waals surface area contributed by atoms with Crippen molar-refractivity contribution >= 4 is 38.8 Å². The van der Waals surface area contributed by atoms with Gasteiger partial charge in [-0.05, 0) is 0 Å². The number of carboxylic acids is 1. The predicted octanol–water partition coefficient (Wildman–Crippen LogP) is 2.03. The summed E-state index contributed by atoms with van der Waals surface area (Å²) in [5, 5.41) is 20.9. The average molecular weight is 362 g/mol. The van der Waals surface area contributed by atoms with Crippen LogP contribution in [0.2, 0.25) is 0 Å². The van der Waals surface area contributed by atoms with Gasteiger partial charge in [-0.2, -0.15) is 13.2 Å². The van der Waals surface area contributed by atoms with E-state index in [1.165, 1.54) is 36.6 Å². The van der Waals surface area contributed by atoms with Crippen molar-refractivity contribution < 1.29 is 32.0 Å². The molecule has 0 saturated carbocycles. The number of benzene rings is 1. The second-order valence-electron chi connectivity index (χ2n) is 4.94. The Morgan fingerprint density at radius 3 is 2.48 bits per heavy atom. The van der Waals surface area contributed by atoms with Crippen molar-refractivity contribution in [2.75, 3.05) is 0 Å². The minimum absolute atomic E-state index is 0.0122. The molecule has 3 aromatic rings. The summed E-state index contributed by atoms with van der Waals surface area (Å²) in [4.78, 5) is 15.1. The minimum atomic E-state index is -4.77. The van der Waals surface area contributed by atoms with Crippen LogP contribution in [0.25, 0.3) is 10.8 Å². The lowest BCUT2D eigenvalue weighted by Gasteiger charge is -2.09. The number of carbonyl (C=O) groups is 1. The van der Waals surface area contributed by atoms with Gasteiger partial charge in [-0.15, -0.1) is 0 Å². The lowest BCUT2D eigenvalue weighted by molar-refractivity contribution is -0.354. The molecule has 0 fully saturated rings. The molecule has 0 amide bonds. The number of pyridine rings is 1. The number of aromatic nitrogens is 1. The monoisotopic (exact) mass is 362 g/mol. The van der Waals surface area contributed by atoms with E-state index in [-0.39, 0.29) is 22.0 Å². The highest BCUT2D eigenvalue weighted by molar-refractivity contribution is 7.86. The summed E-state index contributed by atoms with van der Waals surface area (Å²) >= 11 is 0. The predicted molar refractivity (Wildman–Crippen MR) is 85.7 cm³/mol. The zero-order valence-electron chi connectivity index (χ0n) is 12.4. The van der Waals surface area contributed by atoms with Crippen LogP contribution in [0.4, 0.5) is 5.69 Å². The van der Waals surface area contributed by atoms with Gasteiger partial charge in [0.15, 0.2) is 23.2 Å². The highest BCUT2D eigenvalue weighted by atomic mass is 32.2. The molecule has 0 spiro atoms. The van der Waals surface area contributed by atoms with E-state index in [1.54, 1.807) is 0 Å². The summed E-state index contributed by atoms with van der Waals surface area (Å²) in [6.45, 7) is 0. The Labute approximate surface area is 140 Å². The minimum Gasteiger partial charge on any atom is -0.618 e. The van der Waals surface area contributed by atoms with E-state index in [9.17, 15) is 28.1 Å². The maximum absolute atomic E-state index is 12.2. The Balaban J connectivity index is 2.41. The van der Waals surface area contributed by atoms with Crippen LogP contribution < -0.4 is 0 Å². The number of nitrogens with zero attached hydrogens (tertiary/aromatic N) is 2. The molecule has 128 valence electrons. The zero-order chi connectivity index (χ0) is 18.2. The van der Waals surface area contributed by atoms with E-state index in [2.05, 4.69) is 4.98 Å². The van der Waals surface area contributed by atoms with Gasteiger partial charge in [0, 0.05) is 16.8 Å². The number of fused-ring (bicyclic) bond motifs is 1. The fourth-order valence-corrected chi connectivity index (χ4v) is 2.98. The maximum atomic E-state index is 12.2. The van der Waals surface area contributed by atoms with Crippen LogP contribution >= 0.6 is 0 Å². The van der Waals surface area contributed by atoms with Crippen molar-refractivity contribution in [2.45, 2.75) is 5.03 Å². The molecule has 0 aliphatic rings. The third-order valence-corrected chi connectivity index (χ3v) is 4.17. The van der Waals surface area contributed by atoms with Crippen LogP contribution in [-0.2, 0) is 10.1 Å². The zero-order valence-corrected chi connectivity index (χ0v) is 13.2. The molecule has 0 aliphatic carbocycles. The van der Waals surface area contributed by atoms with Crippen molar-refractivity contribution in [3.63, 3.8) is 0 Å². The summed E-state index contributed by atoms with van der Waals surface area (Å²) in [6.07, 6.45) is 3.38. The molecule has 3 rings (SSSR count). The number of aromatic carboxylic acids is 1. The fraction of sp³-hybridized carbons (Fsp3) is 0. The molecule has 2 N–H and O–H groups in total. The molecular weight excluding hydrogens is 352 g/mol. The molecular formula is C15H10N2O7S. The summed E-state index contributed by atoms with van der Waals surface area (Å²) in [5.74, 6) is -1.55.